The van der Waals surface area contributed by atoms with E-state index in [2.05, 4.69) is 27.3 Å². The SMILES string of the molecule is C=CCOC(=O)c1ccc2c(c1C)CC[C@@H]2NC(=O)c1cc(C(=O)NCc2cc(F)cc(C(F)(F)F)c2)nc2c(F)cnn12. The first-order valence-electron chi connectivity index (χ1n) is 13.3. The second-order valence-corrected chi connectivity index (χ2v) is 10.0. The molecule has 228 valence electrons. The highest BCUT2D eigenvalue weighted by atomic mass is 19.4. The second kappa shape index (κ2) is 11.9. The molecule has 0 unspecified atom stereocenters. The van der Waals surface area contributed by atoms with Crippen molar-refractivity contribution in [2.24, 2.45) is 0 Å². The Morgan fingerprint density at radius 3 is 2.64 bits per heavy atom. The van der Waals surface area contributed by atoms with Crippen molar-refractivity contribution in [3.8, 4) is 0 Å². The number of carbonyl (C=O) groups excluding carboxylic acids is 3. The molecule has 1 aliphatic carbocycles. The predicted octanol–water partition coefficient (Wildman–Crippen LogP) is 5.02. The van der Waals surface area contributed by atoms with Crippen LogP contribution >= 0.6 is 0 Å². The summed E-state index contributed by atoms with van der Waals surface area (Å²) in [5, 5.41) is 9.02. The minimum Gasteiger partial charge on any atom is -0.458 e. The van der Waals surface area contributed by atoms with Crippen LogP contribution in [0.1, 0.15) is 71.6 Å². The fourth-order valence-corrected chi connectivity index (χ4v) is 5.10. The zero-order valence-electron chi connectivity index (χ0n) is 23.1. The molecule has 2 heterocycles. The van der Waals surface area contributed by atoms with Gasteiger partial charge in [-0.05, 0) is 66.3 Å². The molecule has 0 spiro atoms. The van der Waals surface area contributed by atoms with Crippen LogP contribution in [0.2, 0.25) is 0 Å². The number of hydrogen-bond acceptors (Lipinski definition) is 6. The Kier molecular flexibility index (Phi) is 8.17. The number of halogens is 5. The standard InChI is InChI=1S/C30H24F5N5O4/c1-3-8-44-29(43)20-4-5-21-19(15(20)2)6-7-23(21)39-28(42)25-12-24(38-26-22(32)14-37-40(25)26)27(41)36-13-16-9-17(30(33,34)35)11-18(31)10-16/h3-5,9-12,14,23H,1,6-8,13H2,2H3,(H,36,41)(H,39,42)/t23-/m0/s1. The molecule has 1 aliphatic rings. The average Bonchev–Trinajstić information content (AvgIpc) is 3.57. The van der Waals surface area contributed by atoms with Crippen LogP contribution < -0.4 is 10.6 Å². The molecule has 44 heavy (non-hydrogen) atoms. The number of carbonyl (C=O) groups is 3. The van der Waals surface area contributed by atoms with Crippen LogP contribution in [0.4, 0.5) is 22.0 Å². The number of aromatic nitrogens is 3. The molecule has 5 rings (SSSR count). The van der Waals surface area contributed by atoms with Gasteiger partial charge in [0.05, 0.1) is 23.4 Å². The number of benzene rings is 2. The van der Waals surface area contributed by atoms with Crippen LogP contribution in [0, 0.1) is 18.6 Å². The molecule has 0 fully saturated rings. The number of amides is 2. The van der Waals surface area contributed by atoms with Crippen molar-refractivity contribution in [1.29, 1.82) is 0 Å². The number of fused-ring (bicyclic) bond motifs is 2. The Morgan fingerprint density at radius 2 is 1.91 bits per heavy atom. The molecule has 0 radical (unpaired) electrons. The lowest BCUT2D eigenvalue weighted by atomic mass is 9.98. The van der Waals surface area contributed by atoms with Gasteiger partial charge in [0.1, 0.15) is 23.8 Å². The van der Waals surface area contributed by atoms with Gasteiger partial charge >= 0.3 is 12.1 Å². The van der Waals surface area contributed by atoms with Gasteiger partial charge in [-0.3, -0.25) is 9.59 Å². The summed E-state index contributed by atoms with van der Waals surface area (Å²) >= 11 is 0. The van der Waals surface area contributed by atoms with Crippen LogP contribution in [0.15, 0.2) is 55.3 Å². The molecular weight excluding hydrogens is 589 g/mol. The summed E-state index contributed by atoms with van der Waals surface area (Å²) in [5.41, 5.74) is 0.278. The third-order valence-corrected chi connectivity index (χ3v) is 7.18. The number of esters is 1. The van der Waals surface area contributed by atoms with Crippen molar-refractivity contribution in [3.05, 3.63) is 112 Å². The minimum atomic E-state index is -4.80. The summed E-state index contributed by atoms with van der Waals surface area (Å²) in [5.74, 6) is -4.22. The molecule has 2 aromatic carbocycles. The van der Waals surface area contributed by atoms with Gasteiger partial charge in [-0.15, -0.1) is 0 Å². The molecule has 4 aromatic rings. The average molecular weight is 614 g/mol. The zero-order valence-corrected chi connectivity index (χ0v) is 23.1. The van der Waals surface area contributed by atoms with Gasteiger partial charge in [0, 0.05) is 12.6 Å². The highest BCUT2D eigenvalue weighted by molar-refractivity contribution is 5.98. The van der Waals surface area contributed by atoms with Crippen molar-refractivity contribution in [1.82, 2.24) is 25.2 Å². The van der Waals surface area contributed by atoms with Crippen LogP contribution in [0.5, 0.6) is 0 Å². The fraction of sp³-hybridized carbons (Fsp3) is 0.233. The topological polar surface area (TPSA) is 115 Å². The molecule has 0 saturated heterocycles. The van der Waals surface area contributed by atoms with E-state index >= 15 is 0 Å². The van der Waals surface area contributed by atoms with E-state index in [1.165, 1.54) is 6.08 Å². The number of alkyl halides is 3. The van der Waals surface area contributed by atoms with Gasteiger partial charge in [-0.1, -0.05) is 18.7 Å². The minimum absolute atomic E-state index is 0.0618. The van der Waals surface area contributed by atoms with Gasteiger partial charge in [-0.25, -0.2) is 23.1 Å². The van der Waals surface area contributed by atoms with Crippen LogP contribution in [-0.2, 0) is 23.9 Å². The van der Waals surface area contributed by atoms with E-state index in [4.69, 9.17) is 4.74 Å². The van der Waals surface area contributed by atoms with Crippen molar-refractivity contribution in [2.45, 2.75) is 38.5 Å². The van der Waals surface area contributed by atoms with Crippen LogP contribution in [0.3, 0.4) is 0 Å². The summed E-state index contributed by atoms with van der Waals surface area (Å²) < 4.78 is 73.5. The summed E-state index contributed by atoms with van der Waals surface area (Å²) in [6.07, 6.45) is -1.47. The molecule has 0 aliphatic heterocycles. The predicted molar refractivity (Wildman–Crippen MR) is 146 cm³/mol. The zero-order chi connectivity index (χ0) is 31.8. The lowest BCUT2D eigenvalue weighted by molar-refractivity contribution is -0.137. The van der Waals surface area contributed by atoms with Crippen molar-refractivity contribution in [3.63, 3.8) is 0 Å². The number of ether oxygens (including phenoxy) is 1. The van der Waals surface area contributed by atoms with Gasteiger partial charge in [-0.2, -0.15) is 18.3 Å². The van der Waals surface area contributed by atoms with Crippen LogP contribution in [0.25, 0.3) is 5.65 Å². The largest absolute Gasteiger partial charge is 0.458 e. The van der Waals surface area contributed by atoms with Crippen molar-refractivity contribution >= 4 is 23.4 Å². The van der Waals surface area contributed by atoms with E-state index in [0.717, 1.165) is 34.0 Å². The van der Waals surface area contributed by atoms with Crippen LogP contribution in [-0.4, -0.2) is 39.0 Å². The molecule has 2 N–H and O–H groups in total. The molecule has 0 saturated carbocycles. The lowest BCUT2D eigenvalue weighted by Gasteiger charge is -2.16. The maximum absolute atomic E-state index is 14.5. The van der Waals surface area contributed by atoms with E-state index in [-0.39, 0.29) is 17.9 Å². The van der Waals surface area contributed by atoms with E-state index in [1.807, 2.05) is 0 Å². The van der Waals surface area contributed by atoms with E-state index in [9.17, 15) is 36.3 Å². The van der Waals surface area contributed by atoms with Crippen molar-refractivity contribution < 1.29 is 41.1 Å². The normalized spacial score (nSPS) is 14.3. The smallest absolute Gasteiger partial charge is 0.416 e. The quantitative estimate of drug-likeness (QED) is 0.164. The molecule has 2 aromatic heterocycles. The Hall–Kier alpha value is -5.14. The van der Waals surface area contributed by atoms with Crippen molar-refractivity contribution in [2.75, 3.05) is 6.61 Å². The Morgan fingerprint density at radius 1 is 1.14 bits per heavy atom. The summed E-state index contributed by atoms with van der Waals surface area (Å²) in [6, 6.07) is 5.75. The van der Waals surface area contributed by atoms with Gasteiger partial charge in [0.2, 0.25) is 0 Å². The fourth-order valence-electron chi connectivity index (χ4n) is 5.10. The molecule has 2 amide bonds. The molecule has 0 bridgehead atoms. The molecule has 14 heteroatoms. The Balaban J connectivity index is 1.37. The first-order valence-corrected chi connectivity index (χ1v) is 13.3. The van der Waals surface area contributed by atoms with Gasteiger partial charge in [0.15, 0.2) is 11.5 Å². The van der Waals surface area contributed by atoms with E-state index < -0.39 is 65.1 Å². The van der Waals surface area contributed by atoms with Gasteiger partial charge in [0.25, 0.3) is 11.8 Å². The lowest BCUT2D eigenvalue weighted by Crippen LogP contribution is -2.31. The van der Waals surface area contributed by atoms with E-state index in [1.54, 1.807) is 19.1 Å². The summed E-state index contributed by atoms with van der Waals surface area (Å²) in [7, 11) is 0. The highest BCUT2D eigenvalue weighted by Gasteiger charge is 2.32. The maximum atomic E-state index is 14.5. The molecule has 9 nitrogen and oxygen atoms in total. The Labute approximate surface area is 246 Å². The molecule has 1 atom stereocenters. The Bertz CT molecular complexity index is 1820. The first kappa shape index (κ1) is 30.3. The number of nitrogens with one attached hydrogen (secondary N) is 2. The first-order chi connectivity index (χ1) is 20.9. The highest BCUT2D eigenvalue weighted by Crippen LogP contribution is 2.35. The number of nitrogens with zero attached hydrogens (tertiary/aromatic N) is 3. The van der Waals surface area contributed by atoms with Gasteiger partial charge < -0.3 is 15.4 Å². The second-order valence-electron chi connectivity index (χ2n) is 10.0. The third-order valence-electron chi connectivity index (χ3n) is 7.18. The monoisotopic (exact) mass is 613 g/mol. The summed E-state index contributed by atoms with van der Waals surface area (Å²) in [6.45, 7) is 4.86. The maximum Gasteiger partial charge on any atom is 0.416 e. The number of rotatable bonds is 8. The third kappa shape index (κ3) is 6.00. The summed E-state index contributed by atoms with van der Waals surface area (Å²) in [4.78, 5) is 42.7. The van der Waals surface area contributed by atoms with E-state index in [0.29, 0.717) is 36.1 Å². The number of hydrogen-bond donors (Lipinski definition) is 2. The molecular formula is C30H24F5N5O4.